The van der Waals surface area contributed by atoms with Gasteiger partial charge in [-0.05, 0) is 37.5 Å². The van der Waals surface area contributed by atoms with Crippen molar-refractivity contribution in [3.05, 3.63) is 41.8 Å². The van der Waals surface area contributed by atoms with Gasteiger partial charge in [-0.1, -0.05) is 5.16 Å². The Kier molecular flexibility index (Phi) is 4.12. The van der Waals surface area contributed by atoms with Crippen LogP contribution in [0.2, 0.25) is 0 Å². The molecular formula is C19H22N6O2. The number of hydrogen-bond donors (Lipinski definition) is 1. The second-order valence-corrected chi connectivity index (χ2v) is 7.38. The van der Waals surface area contributed by atoms with Crippen molar-refractivity contribution in [2.45, 2.75) is 31.7 Å². The molecule has 1 N–H and O–H groups in total. The van der Waals surface area contributed by atoms with E-state index in [0.29, 0.717) is 30.5 Å². The fraction of sp³-hybridized carbons (Fsp3) is 0.474. The number of amides is 1. The van der Waals surface area contributed by atoms with Crippen molar-refractivity contribution in [3.8, 4) is 0 Å². The molecule has 2 fully saturated rings. The van der Waals surface area contributed by atoms with Crippen molar-refractivity contribution in [1.82, 2.24) is 29.9 Å². The van der Waals surface area contributed by atoms with Crippen molar-refractivity contribution in [3.63, 3.8) is 0 Å². The van der Waals surface area contributed by atoms with Gasteiger partial charge < -0.3 is 14.4 Å². The van der Waals surface area contributed by atoms with Crippen LogP contribution in [0.5, 0.6) is 0 Å². The van der Waals surface area contributed by atoms with E-state index in [1.807, 2.05) is 23.1 Å². The number of fused-ring (bicyclic) bond motifs is 1. The number of hydrogen-bond acceptors (Lipinski definition) is 6. The molecule has 1 saturated carbocycles. The molecule has 1 aliphatic heterocycles. The smallest absolute Gasteiger partial charge is 0.253 e. The average molecular weight is 366 g/mol. The third kappa shape index (κ3) is 3.44. The van der Waals surface area contributed by atoms with Crippen molar-refractivity contribution in [1.29, 1.82) is 0 Å². The summed E-state index contributed by atoms with van der Waals surface area (Å²) >= 11 is 0. The molecule has 8 nitrogen and oxygen atoms in total. The third-order valence-electron chi connectivity index (χ3n) is 5.33. The average Bonchev–Trinajstić information content (AvgIpc) is 3.32. The molecule has 8 heteroatoms. The number of aromatic nitrogens is 4. The monoisotopic (exact) mass is 366 g/mol. The summed E-state index contributed by atoms with van der Waals surface area (Å²) < 4.78 is 5.39. The molecule has 0 atom stereocenters. The Morgan fingerprint density at radius 2 is 2.15 bits per heavy atom. The summed E-state index contributed by atoms with van der Waals surface area (Å²) in [6.45, 7) is 3.84. The Bertz CT molecular complexity index is 960. The molecule has 0 spiro atoms. The summed E-state index contributed by atoms with van der Waals surface area (Å²) in [5.74, 6) is 2.11. The molecule has 1 aliphatic carbocycles. The van der Waals surface area contributed by atoms with Crippen LogP contribution >= 0.6 is 0 Å². The molecule has 27 heavy (non-hydrogen) atoms. The van der Waals surface area contributed by atoms with Gasteiger partial charge in [-0.25, -0.2) is 4.98 Å². The maximum absolute atomic E-state index is 12.9. The van der Waals surface area contributed by atoms with Crippen LogP contribution in [0.4, 0.5) is 0 Å². The van der Waals surface area contributed by atoms with E-state index in [1.54, 1.807) is 6.33 Å². The number of imidazole rings is 1. The Hall–Kier alpha value is -2.74. The summed E-state index contributed by atoms with van der Waals surface area (Å²) in [6.07, 6.45) is 4.92. The first kappa shape index (κ1) is 16.4. The van der Waals surface area contributed by atoms with E-state index in [0.717, 1.165) is 42.9 Å². The molecule has 0 unspecified atom stereocenters. The van der Waals surface area contributed by atoms with E-state index < -0.39 is 0 Å². The maximum Gasteiger partial charge on any atom is 0.253 e. The number of benzene rings is 1. The van der Waals surface area contributed by atoms with Gasteiger partial charge in [0.25, 0.3) is 5.91 Å². The molecule has 3 aromatic rings. The lowest BCUT2D eigenvalue weighted by Gasteiger charge is -2.21. The quantitative estimate of drug-likeness (QED) is 0.761. The number of rotatable bonds is 4. The van der Waals surface area contributed by atoms with Crippen molar-refractivity contribution in [2.24, 2.45) is 0 Å². The number of carbonyl (C=O) groups is 1. The second-order valence-electron chi connectivity index (χ2n) is 7.38. The molecule has 0 radical (unpaired) electrons. The molecule has 1 saturated heterocycles. The summed E-state index contributed by atoms with van der Waals surface area (Å²) in [5, 5.41) is 4.09. The van der Waals surface area contributed by atoms with Gasteiger partial charge in [0.15, 0.2) is 5.82 Å². The summed E-state index contributed by atoms with van der Waals surface area (Å²) in [7, 11) is 0. The Labute approximate surface area is 156 Å². The van der Waals surface area contributed by atoms with Crippen LogP contribution in [0.15, 0.2) is 29.0 Å². The van der Waals surface area contributed by atoms with Gasteiger partial charge >= 0.3 is 0 Å². The van der Waals surface area contributed by atoms with Gasteiger partial charge in [0, 0.05) is 37.7 Å². The number of aromatic amines is 1. The van der Waals surface area contributed by atoms with E-state index in [4.69, 9.17) is 4.52 Å². The standard InChI is InChI=1S/C19H22N6O2/c26-19(14-4-5-15-16(10-14)21-12-20-15)25-7-1-6-24(8-9-25)11-17-22-18(23-27-17)13-2-3-13/h4-5,10,12-13H,1-3,6-9,11H2,(H,20,21). The first-order chi connectivity index (χ1) is 13.3. The van der Waals surface area contributed by atoms with Gasteiger partial charge in [0.05, 0.1) is 23.9 Å². The number of carbonyl (C=O) groups excluding carboxylic acids is 1. The van der Waals surface area contributed by atoms with E-state index in [1.165, 1.54) is 12.8 Å². The molecule has 1 amide bonds. The lowest BCUT2D eigenvalue weighted by atomic mass is 10.1. The van der Waals surface area contributed by atoms with E-state index in [-0.39, 0.29) is 5.91 Å². The van der Waals surface area contributed by atoms with Gasteiger partial charge in [-0.3, -0.25) is 9.69 Å². The minimum absolute atomic E-state index is 0.0714. The van der Waals surface area contributed by atoms with Gasteiger partial charge in [0.2, 0.25) is 5.89 Å². The zero-order valence-electron chi connectivity index (χ0n) is 15.1. The third-order valence-corrected chi connectivity index (χ3v) is 5.33. The fourth-order valence-electron chi connectivity index (χ4n) is 3.61. The number of nitrogens with one attached hydrogen (secondary N) is 1. The molecule has 3 heterocycles. The molecule has 140 valence electrons. The highest BCUT2D eigenvalue weighted by Crippen LogP contribution is 2.38. The van der Waals surface area contributed by atoms with Crippen LogP contribution in [-0.4, -0.2) is 62.0 Å². The normalized spacial score (nSPS) is 18.7. The lowest BCUT2D eigenvalue weighted by molar-refractivity contribution is 0.0760. The van der Waals surface area contributed by atoms with Crippen molar-refractivity contribution in [2.75, 3.05) is 26.2 Å². The number of nitrogens with zero attached hydrogens (tertiary/aromatic N) is 5. The topological polar surface area (TPSA) is 91.2 Å². The zero-order valence-corrected chi connectivity index (χ0v) is 15.1. The summed E-state index contributed by atoms with van der Waals surface area (Å²) in [5.41, 5.74) is 2.46. The minimum atomic E-state index is 0.0714. The molecule has 0 bridgehead atoms. The Morgan fingerprint density at radius 3 is 3.04 bits per heavy atom. The first-order valence-electron chi connectivity index (χ1n) is 9.53. The highest BCUT2D eigenvalue weighted by atomic mass is 16.5. The highest BCUT2D eigenvalue weighted by Gasteiger charge is 2.29. The van der Waals surface area contributed by atoms with E-state index >= 15 is 0 Å². The van der Waals surface area contributed by atoms with Crippen LogP contribution in [-0.2, 0) is 6.54 Å². The largest absolute Gasteiger partial charge is 0.345 e. The van der Waals surface area contributed by atoms with Crippen molar-refractivity contribution < 1.29 is 9.32 Å². The summed E-state index contributed by atoms with van der Waals surface area (Å²) in [6, 6.07) is 5.62. The Morgan fingerprint density at radius 1 is 1.22 bits per heavy atom. The van der Waals surface area contributed by atoms with Gasteiger partial charge in [-0.2, -0.15) is 4.98 Å². The number of H-pyrrole nitrogens is 1. The van der Waals surface area contributed by atoms with Crippen LogP contribution in [0, 0.1) is 0 Å². The van der Waals surface area contributed by atoms with Gasteiger partial charge in [-0.15, -0.1) is 0 Å². The maximum atomic E-state index is 12.9. The van der Waals surface area contributed by atoms with Crippen molar-refractivity contribution >= 4 is 16.9 Å². The predicted molar refractivity (Wildman–Crippen MR) is 98.2 cm³/mol. The molecule has 5 rings (SSSR count). The van der Waals surface area contributed by atoms with Gasteiger partial charge in [0.1, 0.15) is 0 Å². The Balaban J connectivity index is 1.22. The lowest BCUT2D eigenvalue weighted by Crippen LogP contribution is -2.35. The van der Waals surface area contributed by atoms with Crippen LogP contribution in [0.3, 0.4) is 0 Å². The van der Waals surface area contributed by atoms with E-state index in [2.05, 4.69) is 25.0 Å². The first-order valence-corrected chi connectivity index (χ1v) is 9.53. The van der Waals surface area contributed by atoms with E-state index in [9.17, 15) is 4.79 Å². The van der Waals surface area contributed by atoms with Crippen LogP contribution in [0.25, 0.3) is 11.0 Å². The summed E-state index contributed by atoms with van der Waals surface area (Å²) in [4.78, 5) is 28.9. The minimum Gasteiger partial charge on any atom is -0.345 e. The highest BCUT2D eigenvalue weighted by molar-refractivity contribution is 5.97. The fourth-order valence-corrected chi connectivity index (χ4v) is 3.61. The molecule has 2 aromatic heterocycles. The zero-order chi connectivity index (χ0) is 18.2. The predicted octanol–water partition coefficient (Wildman–Crippen LogP) is 2.17. The molecular weight excluding hydrogens is 344 g/mol. The van der Waals surface area contributed by atoms with Crippen LogP contribution < -0.4 is 0 Å². The second kappa shape index (κ2) is 6.77. The van der Waals surface area contributed by atoms with Crippen LogP contribution in [0.1, 0.15) is 47.3 Å². The SMILES string of the molecule is O=C(c1ccc2nc[nH]c2c1)N1CCCN(Cc2nc(C3CC3)no2)CC1. The molecule has 1 aromatic carbocycles. The molecule has 2 aliphatic rings.